The molecule has 1 saturated heterocycles. The average molecular weight is 518 g/mol. The third-order valence-corrected chi connectivity index (χ3v) is 6.38. The third kappa shape index (κ3) is 5.63. The summed E-state index contributed by atoms with van der Waals surface area (Å²) >= 11 is 12.4. The maximum absolute atomic E-state index is 13.4. The first kappa shape index (κ1) is 25.1. The Kier molecular flexibility index (Phi) is 7.10. The van der Waals surface area contributed by atoms with Gasteiger partial charge in [0.25, 0.3) is 5.91 Å². The minimum Gasteiger partial charge on any atom is -0.451 e. The molecule has 0 saturated carbocycles. The molecule has 0 bridgehead atoms. The Morgan fingerprint density at radius 2 is 1.66 bits per heavy atom. The fourth-order valence-corrected chi connectivity index (χ4v) is 4.40. The molecule has 0 atom stereocenters. The van der Waals surface area contributed by atoms with Gasteiger partial charge in [-0.3, -0.25) is 9.59 Å². The molecular formula is C26H26Cl2FN3O3. The van der Waals surface area contributed by atoms with Gasteiger partial charge >= 0.3 is 0 Å². The van der Waals surface area contributed by atoms with Crippen molar-refractivity contribution < 1.29 is 18.4 Å². The van der Waals surface area contributed by atoms with Gasteiger partial charge in [0.2, 0.25) is 5.91 Å². The van der Waals surface area contributed by atoms with Crippen LogP contribution in [-0.4, -0.2) is 42.9 Å². The Balaban J connectivity index is 1.40. The first-order chi connectivity index (χ1) is 16.5. The molecule has 2 heterocycles. The molecule has 1 aliphatic rings. The maximum atomic E-state index is 13.4. The molecule has 2 aromatic carbocycles. The zero-order valence-corrected chi connectivity index (χ0v) is 21.2. The lowest BCUT2D eigenvalue weighted by Crippen LogP contribution is -2.51. The number of halogens is 3. The van der Waals surface area contributed by atoms with Crippen LogP contribution >= 0.6 is 23.2 Å². The SMILES string of the molecule is CC(C)(C)C(=O)N1CCN(c2ccc(NC(=O)c3ccc(-c4ccc(F)c(Cl)c4)o3)cc2Cl)CC1. The standard InChI is InChI=1S/C26H26Cl2FN3O3/c1-26(2,3)25(34)32-12-10-31(11-13-32)21-7-5-17(15-19(21)28)30-24(33)23-9-8-22(35-23)16-4-6-20(29)18(27)14-16/h4-9,14-15H,10-13H2,1-3H3,(H,30,33). The predicted octanol–water partition coefficient (Wildman–Crippen LogP) is 6.34. The summed E-state index contributed by atoms with van der Waals surface area (Å²) in [7, 11) is 0. The van der Waals surface area contributed by atoms with Crippen LogP contribution in [0, 0.1) is 11.2 Å². The molecule has 1 aromatic heterocycles. The van der Waals surface area contributed by atoms with Crippen molar-refractivity contribution in [3.05, 3.63) is 70.2 Å². The van der Waals surface area contributed by atoms with Gasteiger partial charge in [-0.2, -0.15) is 0 Å². The summed E-state index contributed by atoms with van der Waals surface area (Å²) < 4.78 is 19.0. The van der Waals surface area contributed by atoms with Gasteiger partial charge in [-0.15, -0.1) is 0 Å². The Hall–Kier alpha value is -3.03. The Morgan fingerprint density at radius 3 is 2.29 bits per heavy atom. The number of piperazine rings is 1. The third-order valence-electron chi connectivity index (χ3n) is 5.79. The molecule has 184 valence electrons. The van der Waals surface area contributed by atoms with E-state index < -0.39 is 17.1 Å². The van der Waals surface area contributed by atoms with E-state index in [1.54, 1.807) is 18.2 Å². The molecule has 1 fully saturated rings. The summed E-state index contributed by atoms with van der Waals surface area (Å²) in [5, 5.41) is 3.25. The fraction of sp³-hybridized carbons (Fsp3) is 0.308. The minimum absolute atomic E-state index is 0.0261. The second-order valence-electron chi connectivity index (χ2n) is 9.44. The van der Waals surface area contributed by atoms with Gasteiger partial charge < -0.3 is 19.5 Å². The number of anilines is 2. The number of furan rings is 1. The van der Waals surface area contributed by atoms with Crippen molar-refractivity contribution in [2.24, 2.45) is 5.41 Å². The van der Waals surface area contributed by atoms with Gasteiger partial charge in [0.15, 0.2) is 5.76 Å². The summed E-state index contributed by atoms with van der Waals surface area (Å²) in [6, 6.07) is 12.7. The largest absolute Gasteiger partial charge is 0.451 e. The lowest BCUT2D eigenvalue weighted by Gasteiger charge is -2.39. The molecule has 0 spiro atoms. The van der Waals surface area contributed by atoms with Gasteiger partial charge in [0.1, 0.15) is 11.6 Å². The predicted molar refractivity (Wildman–Crippen MR) is 137 cm³/mol. The maximum Gasteiger partial charge on any atom is 0.291 e. The first-order valence-corrected chi connectivity index (χ1v) is 12.0. The topological polar surface area (TPSA) is 65.8 Å². The van der Waals surface area contributed by atoms with Gasteiger partial charge in [-0.1, -0.05) is 44.0 Å². The molecule has 0 aliphatic carbocycles. The molecule has 1 N–H and O–H groups in total. The summed E-state index contributed by atoms with van der Waals surface area (Å²) in [4.78, 5) is 29.2. The van der Waals surface area contributed by atoms with Crippen molar-refractivity contribution in [3.8, 4) is 11.3 Å². The minimum atomic E-state index is -0.527. The van der Waals surface area contributed by atoms with Crippen LogP contribution in [0.25, 0.3) is 11.3 Å². The van der Waals surface area contributed by atoms with Gasteiger partial charge in [0, 0.05) is 42.8 Å². The summed E-state index contributed by atoms with van der Waals surface area (Å²) in [6.07, 6.45) is 0. The monoisotopic (exact) mass is 517 g/mol. The lowest BCUT2D eigenvalue weighted by molar-refractivity contribution is -0.139. The molecule has 1 aliphatic heterocycles. The van der Waals surface area contributed by atoms with Gasteiger partial charge in [0.05, 0.1) is 15.7 Å². The molecule has 2 amide bonds. The van der Waals surface area contributed by atoms with Crippen molar-refractivity contribution in [1.82, 2.24) is 4.90 Å². The summed E-state index contributed by atoms with van der Waals surface area (Å²) in [6.45, 7) is 8.39. The molecule has 0 radical (unpaired) electrons. The number of rotatable bonds is 4. The van der Waals surface area contributed by atoms with Gasteiger partial charge in [-0.25, -0.2) is 4.39 Å². The lowest BCUT2D eigenvalue weighted by atomic mass is 9.94. The highest BCUT2D eigenvalue weighted by Crippen LogP contribution is 2.31. The molecule has 6 nitrogen and oxygen atoms in total. The van der Waals surface area contributed by atoms with E-state index in [9.17, 15) is 14.0 Å². The van der Waals surface area contributed by atoms with Crippen molar-refractivity contribution in [3.63, 3.8) is 0 Å². The number of amides is 2. The van der Waals surface area contributed by atoms with E-state index in [4.69, 9.17) is 27.6 Å². The number of carbonyl (C=O) groups excluding carboxylic acids is 2. The smallest absolute Gasteiger partial charge is 0.291 e. The van der Waals surface area contributed by atoms with Crippen LogP contribution in [0.3, 0.4) is 0 Å². The van der Waals surface area contributed by atoms with Crippen molar-refractivity contribution in [2.45, 2.75) is 20.8 Å². The summed E-state index contributed by atoms with van der Waals surface area (Å²) in [5.74, 6) is -0.331. The van der Waals surface area contributed by atoms with Crippen LogP contribution in [0.1, 0.15) is 31.3 Å². The molecule has 0 unspecified atom stereocenters. The number of nitrogens with zero attached hydrogens (tertiary/aromatic N) is 2. The van der Waals surface area contributed by atoms with E-state index >= 15 is 0 Å². The molecule has 35 heavy (non-hydrogen) atoms. The second-order valence-corrected chi connectivity index (χ2v) is 10.3. The quantitative estimate of drug-likeness (QED) is 0.438. The van der Waals surface area contributed by atoms with Crippen molar-refractivity contribution in [1.29, 1.82) is 0 Å². The van der Waals surface area contributed by atoms with Gasteiger partial charge in [-0.05, 0) is 48.5 Å². The van der Waals surface area contributed by atoms with E-state index in [2.05, 4.69) is 10.2 Å². The fourth-order valence-electron chi connectivity index (χ4n) is 3.92. The van der Waals surface area contributed by atoms with E-state index in [0.29, 0.717) is 48.2 Å². The highest BCUT2D eigenvalue weighted by Gasteiger charge is 2.30. The van der Waals surface area contributed by atoms with E-state index in [1.807, 2.05) is 31.7 Å². The Morgan fingerprint density at radius 1 is 0.943 bits per heavy atom. The van der Waals surface area contributed by atoms with Crippen molar-refractivity contribution in [2.75, 3.05) is 36.4 Å². The number of nitrogens with one attached hydrogen (secondary N) is 1. The van der Waals surface area contributed by atoms with Crippen LogP contribution in [0.15, 0.2) is 52.9 Å². The Bertz CT molecular complexity index is 1260. The number of hydrogen-bond donors (Lipinski definition) is 1. The average Bonchev–Trinajstić information content (AvgIpc) is 3.31. The number of hydrogen-bond acceptors (Lipinski definition) is 4. The van der Waals surface area contributed by atoms with E-state index in [-0.39, 0.29) is 16.7 Å². The van der Waals surface area contributed by atoms with Crippen LogP contribution in [0.5, 0.6) is 0 Å². The van der Waals surface area contributed by atoms with Crippen molar-refractivity contribution >= 4 is 46.4 Å². The second kappa shape index (κ2) is 9.91. The zero-order chi connectivity index (χ0) is 25.3. The van der Waals surface area contributed by atoms with Crippen LogP contribution < -0.4 is 10.2 Å². The van der Waals surface area contributed by atoms with Crippen LogP contribution in [-0.2, 0) is 4.79 Å². The summed E-state index contributed by atoms with van der Waals surface area (Å²) in [5.41, 5.74) is 1.53. The number of carbonyl (C=O) groups is 2. The molecular weight excluding hydrogens is 492 g/mol. The van der Waals surface area contributed by atoms with Crippen LogP contribution in [0.4, 0.5) is 15.8 Å². The molecule has 9 heteroatoms. The van der Waals surface area contributed by atoms with E-state index in [0.717, 1.165) is 5.69 Å². The highest BCUT2D eigenvalue weighted by atomic mass is 35.5. The molecule has 4 rings (SSSR count). The Labute approximate surface area is 213 Å². The first-order valence-electron chi connectivity index (χ1n) is 11.2. The normalized spacial score (nSPS) is 14.2. The van der Waals surface area contributed by atoms with Crippen LogP contribution in [0.2, 0.25) is 10.0 Å². The van der Waals surface area contributed by atoms with E-state index in [1.165, 1.54) is 24.3 Å². The number of benzene rings is 2. The molecule has 3 aromatic rings. The highest BCUT2D eigenvalue weighted by molar-refractivity contribution is 6.33. The zero-order valence-electron chi connectivity index (χ0n) is 19.7.